The van der Waals surface area contributed by atoms with Crippen LogP contribution in [-0.2, 0) is 10.1 Å². The molecule has 0 bridgehead atoms. The molecular formula is C15H14O4S. The highest BCUT2D eigenvalue weighted by Gasteiger charge is 2.21. The van der Waals surface area contributed by atoms with Crippen LogP contribution < -0.4 is 0 Å². The van der Waals surface area contributed by atoms with Gasteiger partial charge in [-0.2, -0.15) is 8.42 Å². The molecule has 2 rings (SSSR count). The van der Waals surface area contributed by atoms with Gasteiger partial charge in [0.2, 0.25) is 0 Å². The Hall–Kier alpha value is -1.98. The van der Waals surface area contributed by atoms with Crippen molar-refractivity contribution < 1.29 is 17.8 Å². The van der Waals surface area contributed by atoms with Crippen molar-refractivity contribution >= 4 is 15.9 Å². The standard InChI is InChI=1S/C15H14O4S/c1-10-3-6-12(7-4-10)15(16)13-8-5-11(2)9-14(13)20(17,18)19/h3-9H,1-2H3,(H,17,18,19). The van der Waals surface area contributed by atoms with E-state index in [9.17, 15) is 17.8 Å². The number of hydrogen-bond acceptors (Lipinski definition) is 3. The van der Waals surface area contributed by atoms with Crippen molar-refractivity contribution in [2.45, 2.75) is 18.7 Å². The van der Waals surface area contributed by atoms with Gasteiger partial charge >= 0.3 is 0 Å². The highest BCUT2D eigenvalue weighted by molar-refractivity contribution is 7.86. The lowest BCUT2D eigenvalue weighted by molar-refractivity contribution is 0.103. The van der Waals surface area contributed by atoms with Crippen molar-refractivity contribution in [1.29, 1.82) is 0 Å². The monoisotopic (exact) mass is 290 g/mol. The summed E-state index contributed by atoms with van der Waals surface area (Å²) >= 11 is 0. The Morgan fingerprint density at radius 2 is 1.50 bits per heavy atom. The van der Waals surface area contributed by atoms with E-state index < -0.39 is 15.9 Å². The molecule has 0 saturated carbocycles. The van der Waals surface area contributed by atoms with Crippen LogP contribution >= 0.6 is 0 Å². The third kappa shape index (κ3) is 2.95. The molecule has 0 amide bonds. The molecule has 5 heteroatoms. The fourth-order valence-corrected chi connectivity index (χ4v) is 2.66. The van der Waals surface area contributed by atoms with Crippen LogP contribution in [-0.4, -0.2) is 18.8 Å². The molecule has 0 atom stereocenters. The topological polar surface area (TPSA) is 71.4 Å². The zero-order chi connectivity index (χ0) is 14.9. The van der Waals surface area contributed by atoms with E-state index in [4.69, 9.17) is 0 Å². The number of rotatable bonds is 3. The second-order valence-corrected chi connectivity index (χ2v) is 6.06. The number of ketones is 1. The Kier molecular flexibility index (Phi) is 3.74. The molecule has 0 aromatic heterocycles. The summed E-state index contributed by atoms with van der Waals surface area (Å²) in [6.07, 6.45) is 0. The van der Waals surface area contributed by atoms with Crippen LogP contribution in [0.25, 0.3) is 0 Å². The largest absolute Gasteiger partial charge is 0.295 e. The average Bonchev–Trinajstić information content (AvgIpc) is 2.38. The molecule has 0 spiro atoms. The Labute approximate surface area is 117 Å². The van der Waals surface area contributed by atoms with Gasteiger partial charge in [0.15, 0.2) is 5.78 Å². The Balaban J connectivity index is 2.58. The van der Waals surface area contributed by atoms with E-state index in [0.29, 0.717) is 11.1 Å². The number of benzene rings is 2. The van der Waals surface area contributed by atoms with E-state index in [-0.39, 0.29) is 10.5 Å². The summed E-state index contributed by atoms with van der Waals surface area (Å²) in [5.41, 5.74) is 2.00. The zero-order valence-electron chi connectivity index (χ0n) is 11.1. The van der Waals surface area contributed by atoms with Crippen molar-refractivity contribution in [3.63, 3.8) is 0 Å². The second-order valence-electron chi connectivity index (χ2n) is 4.67. The lowest BCUT2D eigenvalue weighted by atomic mass is 10.0. The minimum Gasteiger partial charge on any atom is -0.289 e. The average molecular weight is 290 g/mol. The molecule has 0 aliphatic carbocycles. The Morgan fingerprint density at radius 3 is 2.05 bits per heavy atom. The molecule has 0 heterocycles. The van der Waals surface area contributed by atoms with Gasteiger partial charge < -0.3 is 0 Å². The summed E-state index contributed by atoms with van der Waals surface area (Å²) in [5.74, 6) is -0.433. The smallest absolute Gasteiger partial charge is 0.289 e. The number of carbonyl (C=O) groups excluding carboxylic acids is 1. The van der Waals surface area contributed by atoms with Gasteiger partial charge in [0.1, 0.15) is 4.90 Å². The van der Waals surface area contributed by atoms with Crippen molar-refractivity contribution in [3.8, 4) is 0 Å². The first-order valence-corrected chi connectivity index (χ1v) is 7.42. The van der Waals surface area contributed by atoms with Gasteiger partial charge in [-0.05, 0) is 31.5 Å². The van der Waals surface area contributed by atoms with Crippen molar-refractivity contribution in [2.24, 2.45) is 0 Å². The van der Waals surface area contributed by atoms with Crippen LogP contribution in [0.3, 0.4) is 0 Å². The molecular weight excluding hydrogens is 276 g/mol. The molecule has 0 saturated heterocycles. The first kappa shape index (κ1) is 14.4. The molecule has 2 aromatic carbocycles. The predicted octanol–water partition coefficient (Wildman–Crippen LogP) is 2.78. The van der Waals surface area contributed by atoms with Crippen LogP contribution in [0.1, 0.15) is 27.0 Å². The van der Waals surface area contributed by atoms with E-state index in [1.807, 2.05) is 6.92 Å². The van der Waals surface area contributed by atoms with E-state index in [0.717, 1.165) is 5.56 Å². The van der Waals surface area contributed by atoms with Crippen molar-refractivity contribution in [1.82, 2.24) is 0 Å². The molecule has 0 radical (unpaired) electrons. The maximum absolute atomic E-state index is 12.4. The molecule has 0 fully saturated rings. The highest BCUT2D eigenvalue weighted by atomic mass is 32.2. The summed E-state index contributed by atoms with van der Waals surface area (Å²) < 4.78 is 32.1. The van der Waals surface area contributed by atoms with Gasteiger partial charge in [-0.25, -0.2) is 0 Å². The quantitative estimate of drug-likeness (QED) is 0.697. The maximum atomic E-state index is 12.4. The molecule has 2 aromatic rings. The van der Waals surface area contributed by atoms with Gasteiger partial charge in [-0.15, -0.1) is 0 Å². The van der Waals surface area contributed by atoms with Gasteiger partial charge in [-0.1, -0.05) is 35.9 Å². The van der Waals surface area contributed by atoms with Crippen LogP contribution in [0.2, 0.25) is 0 Å². The maximum Gasteiger partial charge on any atom is 0.295 e. The molecule has 20 heavy (non-hydrogen) atoms. The van der Waals surface area contributed by atoms with Crippen LogP contribution in [0.15, 0.2) is 47.4 Å². The third-order valence-electron chi connectivity index (χ3n) is 2.97. The Morgan fingerprint density at radius 1 is 0.950 bits per heavy atom. The molecule has 0 aliphatic rings. The minimum absolute atomic E-state index is 0.0260. The van der Waals surface area contributed by atoms with E-state index in [2.05, 4.69) is 0 Å². The molecule has 1 N–H and O–H groups in total. The molecule has 0 aliphatic heterocycles. The van der Waals surface area contributed by atoms with E-state index >= 15 is 0 Å². The lowest BCUT2D eigenvalue weighted by Crippen LogP contribution is -2.10. The fraction of sp³-hybridized carbons (Fsp3) is 0.133. The van der Waals surface area contributed by atoms with Gasteiger partial charge in [-0.3, -0.25) is 9.35 Å². The zero-order valence-corrected chi connectivity index (χ0v) is 11.9. The number of hydrogen-bond donors (Lipinski definition) is 1. The summed E-state index contributed by atoms with van der Waals surface area (Å²) in [7, 11) is -4.44. The van der Waals surface area contributed by atoms with Gasteiger partial charge in [0.25, 0.3) is 10.1 Å². The number of carbonyl (C=O) groups is 1. The van der Waals surface area contributed by atoms with Crippen molar-refractivity contribution in [3.05, 3.63) is 64.7 Å². The first-order chi connectivity index (χ1) is 9.29. The van der Waals surface area contributed by atoms with E-state index in [1.165, 1.54) is 12.1 Å². The lowest BCUT2D eigenvalue weighted by Gasteiger charge is -2.08. The third-order valence-corrected chi connectivity index (χ3v) is 3.87. The predicted molar refractivity (Wildman–Crippen MR) is 75.6 cm³/mol. The second kappa shape index (κ2) is 5.19. The summed E-state index contributed by atoms with van der Waals surface area (Å²) in [4.78, 5) is 12.0. The first-order valence-electron chi connectivity index (χ1n) is 5.98. The Bertz CT molecular complexity index is 759. The minimum atomic E-state index is -4.44. The fourth-order valence-electron chi connectivity index (χ4n) is 1.89. The van der Waals surface area contributed by atoms with Gasteiger partial charge in [0.05, 0.1) is 0 Å². The normalized spacial score (nSPS) is 11.3. The van der Waals surface area contributed by atoms with Crippen LogP contribution in [0.5, 0.6) is 0 Å². The van der Waals surface area contributed by atoms with E-state index in [1.54, 1.807) is 37.3 Å². The molecule has 0 unspecified atom stereocenters. The highest BCUT2D eigenvalue weighted by Crippen LogP contribution is 2.21. The SMILES string of the molecule is Cc1ccc(C(=O)c2ccc(C)cc2S(=O)(=O)O)cc1. The summed E-state index contributed by atoms with van der Waals surface area (Å²) in [5, 5.41) is 0. The molecule has 104 valence electrons. The molecule has 4 nitrogen and oxygen atoms in total. The van der Waals surface area contributed by atoms with Gasteiger partial charge in [0, 0.05) is 11.1 Å². The summed E-state index contributed by atoms with van der Waals surface area (Å²) in [6.45, 7) is 3.58. The number of aryl methyl sites for hydroxylation is 2. The van der Waals surface area contributed by atoms with Crippen molar-refractivity contribution in [2.75, 3.05) is 0 Å². The summed E-state index contributed by atoms with van der Waals surface area (Å²) in [6, 6.07) is 11.1. The van der Waals surface area contributed by atoms with Crippen LogP contribution in [0, 0.1) is 13.8 Å². The van der Waals surface area contributed by atoms with Crippen LogP contribution in [0.4, 0.5) is 0 Å².